The Morgan fingerprint density at radius 2 is 1.88 bits per heavy atom. The molecule has 3 N–H and O–H groups in total. The molecule has 1 aromatic carbocycles. The van der Waals surface area contributed by atoms with Crippen LogP contribution in [0.1, 0.15) is 31.4 Å². The maximum atomic E-state index is 11.3. The van der Waals surface area contributed by atoms with Crippen molar-refractivity contribution in [2.24, 2.45) is 5.84 Å². The number of nitrogens with two attached hydrogens (primary N) is 1. The van der Waals surface area contributed by atoms with Crippen molar-refractivity contribution in [3.63, 3.8) is 0 Å². The number of hydrazine groups is 1. The molecule has 0 radical (unpaired) electrons. The maximum absolute atomic E-state index is 11.3. The lowest BCUT2D eigenvalue weighted by atomic mass is 10.0. The second-order valence-corrected chi connectivity index (χ2v) is 5.86. The summed E-state index contributed by atoms with van der Waals surface area (Å²) in [6.07, 6.45) is 3.14. The van der Waals surface area contributed by atoms with Crippen LogP contribution in [0.5, 0.6) is 0 Å². The number of benzene rings is 1. The van der Waals surface area contributed by atoms with E-state index in [-0.39, 0.29) is 6.04 Å². The molecule has 0 aromatic heterocycles. The van der Waals surface area contributed by atoms with Gasteiger partial charge in [0.15, 0.2) is 9.84 Å². The lowest BCUT2D eigenvalue weighted by Gasteiger charge is -2.15. The van der Waals surface area contributed by atoms with Crippen molar-refractivity contribution >= 4 is 9.84 Å². The van der Waals surface area contributed by atoms with Crippen LogP contribution < -0.4 is 11.3 Å². The van der Waals surface area contributed by atoms with E-state index in [4.69, 9.17) is 5.84 Å². The van der Waals surface area contributed by atoms with Crippen molar-refractivity contribution < 1.29 is 8.42 Å². The summed E-state index contributed by atoms with van der Waals surface area (Å²) in [6, 6.07) is 6.92. The summed E-state index contributed by atoms with van der Waals surface area (Å²) in [5.41, 5.74) is 3.74. The Labute approximate surface area is 96.7 Å². The molecule has 1 rings (SSSR count). The van der Waals surface area contributed by atoms with Gasteiger partial charge in [-0.1, -0.05) is 25.5 Å². The molecule has 0 heterocycles. The van der Waals surface area contributed by atoms with E-state index in [1.54, 1.807) is 24.3 Å². The summed E-state index contributed by atoms with van der Waals surface area (Å²) in [6.45, 7) is 2.08. The zero-order valence-electron chi connectivity index (χ0n) is 9.60. The van der Waals surface area contributed by atoms with Crippen LogP contribution in [0.4, 0.5) is 0 Å². The van der Waals surface area contributed by atoms with Crippen molar-refractivity contribution in [2.45, 2.75) is 30.7 Å². The van der Waals surface area contributed by atoms with Crippen LogP contribution in [0.25, 0.3) is 0 Å². The van der Waals surface area contributed by atoms with Gasteiger partial charge in [-0.2, -0.15) is 0 Å². The molecule has 90 valence electrons. The Balaban J connectivity index is 2.93. The third kappa shape index (κ3) is 3.30. The van der Waals surface area contributed by atoms with Gasteiger partial charge in [0, 0.05) is 12.3 Å². The molecule has 0 fully saturated rings. The Morgan fingerprint density at radius 3 is 2.25 bits per heavy atom. The molecule has 0 bridgehead atoms. The van der Waals surface area contributed by atoms with Crippen LogP contribution in [-0.4, -0.2) is 14.7 Å². The van der Waals surface area contributed by atoms with E-state index in [1.807, 2.05) is 0 Å². The largest absolute Gasteiger partial charge is 0.271 e. The molecule has 0 amide bonds. The van der Waals surface area contributed by atoms with E-state index in [1.165, 1.54) is 6.26 Å². The third-order valence-electron chi connectivity index (χ3n) is 2.49. The number of hydrogen-bond acceptors (Lipinski definition) is 4. The molecule has 0 spiro atoms. The topological polar surface area (TPSA) is 72.2 Å². The Hall–Kier alpha value is -0.910. The summed E-state index contributed by atoms with van der Waals surface area (Å²) in [7, 11) is -3.12. The highest BCUT2D eigenvalue weighted by Crippen LogP contribution is 2.19. The summed E-state index contributed by atoms with van der Waals surface area (Å²) < 4.78 is 22.5. The summed E-state index contributed by atoms with van der Waals surface area (Å²) >= 11 is 0. The van der Waals surface area contributed by atoms with Crippen LogP contribution in [0.3, 0.4) is 0 Å². The summed E-state index contributed by atoms with van der Waals surface area (Å²) in [5.74, 6) is 5.45. The molecule has 0 aliphatic carbocycles. The van der Waals surface area contributed by atoms with E-state index in [9.17, 15) is 8.42 Å². The molecular weight excluding hydrogens is 224 g/mol. The van der Waals surface area contributed by atoms with Crippen LogP contribution in [0, 0.1) is 0 Å². The highest BCUT2D eigenvalue weighted by molar-refractivity contribution is 7.90. The van der Waals surface area contributed by atoms with Crippen LogP contribution in [0.15, 0.2) is 29.2 Å². The van der Waals surface area contributed by atoms with Gasteiger partial charge >= 0.3 is 0 Å². The highest BCUT2D eigenvalue weighted by atomic mass is 32.2. The molecule has 1 unspecified atom stereocenters. The first kappa shape index (κ1) is 13.2. The normalized spacial score (nSPS) is 13.7. The molecule has 16 heavy (non-hydrogen) atoms. The van der Waals surface area contributed by atoms with Crippen molar-refractivity contribution in [1.82, 2.24) is 5.43 Å². The van der Waals surface area contributed by atoms with Crippen molar-refractivity contribution in [2.75, 3.05) is 6.26 Å². The Kier molecular flexibility index (Phi) is 4.46. The molecule has 1 aromatic rings. The summed E-state index contributed by atoms with van der Waals surface area (Å²) in [5, 5.41) is 0. The monoisotopic (exact) mass is 242 g/mol. The smallest absolute Gasteiger partial charge is 0.175 e. The van der Waals surface area contributed by atoms with Gasteiger partial charge < -0.3 is 0 Å². The predicted octanol–water partition coefficient (Wildman–Crippen LogP) is 1.39. The lowest BCUT2D eigenvalue weighted by Crippen LogP contribution is -2.27. The van der Waals surface area contributed by atoms with Crippen molar-refractivity contribution in [1.29, 1.82) is 0 Å². The molecule has 5 heteroatoms. The van der Waals surface area contributed by atoms with E-state index in [0.29, 0.717) is 4.90 Å². The van der Waals surface area contributed by atoms with Gasteiger partial charge in [0.25, 0.3) is 0 Å². The molecule has 4 nitrogen and oxygen atoms in total. The first-order valence-corrected chi connectivity index (χ1v) is 7.14. The standard InChI is InChI=1S/C11H18N2O2S/c1-3-4-11(13-12)9-5-7-10(8-6-9)16(2,14)15/h5-8,11,13H,3-4,12H2,1-2H3. The van der Waals surface area contributed by atoms with E-state index >= 15 is 0 Å². The van der Waals surface area contributed by atoms with Gasteiger partial charge in [0.1, 0.15) is 0 Å². The zero-order valence-corrected chi connectivity index (χ0v) is 10.4. The maximum Gasteiger partial charge on any atom is 0.175 e. The van der Waals surface area contributed by atoms with E-state index in [0.717, 1.165) is 18.4 Å². The quantitative estimate of drug-likeness (QED) is 0.604. The van der Waals surface area contributed by atoms with Crippen LogP contribution >= 0.6 is 0 Å². The van der Waals surface area contributed by atoms with E-state index in [2.05, 4.69) is 12.3 Å². The fourth-order valence-corrected chi connectivity index (χ4v) is 2.21. The third-order valence-corrected chi connectivity index (χ3v) is 3.62. The minimum absolute atomic E-state index is 0.0820. The van der Waals surface area contributed by atoms with Crippen molar-refractivity contribution in [3.8, 4) is 0 Å². The van der Waals surface area contributed by atoms with Gasteiger partial charge in [-0.05, 0) is 24.1 Å². The average Bonchev–Trinajstić information content (AvgIpc) is 2.25. The number of sulfone groups is 1. The van der Waals surface area contributed by atoms with Crippen molar-refractivity contribution in [3.05, 3.63) is 29.8 Å². The fourth-order valence-electron chi connectivity index (χ4n) is 1.58. The number of nitrogens with one attached hydrogen (secondary N) is 1. The second kappa shape index (κ2) is 5.43. The van der Waals surface area contributed by atoms with Gasteiger partial charge in [-0.25, -0.2) is 8.42 Å². The minimum Gasteiger partial charge on any atom is -0.271 e. The fraction of sp³-hybridized carbons (Fsp3) is 0.455. The zero-order chi connectivity index (χ0) is 12.2. The van der Waals surface area contributed by atoms with Gasteiger partial charge in [0.05, 0.1) is 4.90 Å². The van der Waals surface area contributed by atoms with Crippen LogP contribution in [0.2, 0.25) is 0 Å². The molecule has 1 atom stereocenters. The molecule has 0 aliphatic rings. The van der Waals surface area contributed by atoms with E-state index < -0.39 is 9.84 Å². The Bertz CT molecular complexity index is 426. The number of rotatable bonds is 5. The SMILES string of the molecule is CCCC(NN)c1ccc(S(C)(=O)=O)cc1. The predicted molar refractivity (Wildman–Crippen MR) is 64.5 cm³/mol. The van der Waals surface area contributed by atoms with Gasteiger partial charge in [0.2, 0.25) is 0 Å². The van der Waals surface area contributed by atoms with Gasteiger partial charge in [-0.3, -0.25) is 11.3 Å². The molecule has 0 aliphatic heterocycles. The Morgan fingerprint density at radius 1 is 1.31 bits per heavy atom. The first-order valence-electron chi connectivity index (χ1n) is 5.25. The second-order valence-electron chi connectivity index (χ2n) is 3.85. The lowest BCUT2D eigenvalue weighted by molar-refractivity contribution is 0.510. The number of hydrogen-bond donors (Lipinski definition) is 2. The summed E-state index contributed by atoms with van der Waals surface area (Å²) in [4.78, 5) is 0.337. The average molecular weight is 242 g/mol. The highest BCUT2D eigenvalue weighted by Gasteiger charge is 2.10. The minimum atomic E-state index is -3.12. The first-order chi connectivity index (χ1) is 7.49. The molecular formula is C11H18N2O2S. The van der Waals surface area contributed by atoms with Crippen LogP contribution in [-0.2, 0) is 9.84 Å². The molecule has 0 saturated carbocycles. The van der Waals surface area contributed by atoms with Gasteiger partial charge in [-0.15, -0.1) is 0 Å². The molecule has 0 saturated heterocycles.